The predicted octanol–water partition coefficient (Wildman–Crippen LogP) is -0.234. The summed E-state index contributed by atoms with van der Waals surface area (Å²) in [5.41, 5.74) is 0. The summed E-state index contributed by atoms with van der Waals surface area (Å²) in [6.45, 7) is 0.563. The van der Waals surface area contributed by atoms with Crippen molar-refractivity contribution in [3.63, 3.8) is 0 Å². The zero-order valence-corrected chi connectivity index (χ0v) is 6.23. The lowest BCUT2D eigenvalue weighted by Gasteiger charge is -2.22. The number of aliphatic hydroxyl groups is 1. The van der Waals surface area contributed by atoms with Crippen LogP contribution >= 0.6 is 0 Å². The van der Waals surface area contributed by atoms with Gasteiger partial charge in [-0.25, -0.2) is 0 Å². The normalized spacial score (nSPS) is 33.9. The van der Waals surface area contributed by atoms with Gasteiger partial charge in [-0.2, -0.15) is 0 Å². The van der Waals surface area contributed by atoms with Crippen LogP contribution in [0, 0.1) is 5.92 Å². The van der Waals surface area contributed by atoms with Crippen molar-refractivity contribution in [2.75, 3.05) is 13.2 Å². The van der Waals surface area contributed by atoms with Gasteiger partial charge >= 0.3 is 0 Å². The molecule has 2 bridgehead atoms. The first-order chi connectivity index (χ1) is 5.33. The highest BCUT2D eigenvalue weighted by Gasteiger charge is 2.40. The minimum absolute atomic E-state index is 0.0722. The molecule has 0 saturated carbocycles. The maximum absolute atomic E-state index is 11.3. The molecule has 1 fully saturated rings. The zero-order valence-electron chi connectivity index (χ0n) is 6.23. The second-order valence-electron chi connectivity index (χ2n) is 3.05. The van der Waals surface area contributed by atoms with Gasteiger partial charge in [0.05, 0.1) is 18.6 Å². The fraction of sp³-hybridized carbons (Fsp3) is 0.625. The standard InChI is InChI=1S/C8H11NO2/c10-4-3-9-7-2-1-6(5-7)8(9)11/h1-2,6-7,10H,3-5H2/t6-,7+/m0/s1. The van der Waals surface area contributed by atoms with Gasteiger partial charge in [-0.3, -0.25) is 4.79 Å². The molecule has 2 aliphatic rings. The molecule has 1 aliphatic heterocycles. The molecule has 0 spiro atoms. The SMILES string of the molecule is O=C1[C@H]2C=C[C@H](C2)N1CCO. The summed E-state index contributed by atoms with van der Waals surface area (Å²) in [5.74, 6) is 0.304. The number of carbonyl (C=O) groups is 1. The van der Waals surface area contributed by atoms with Gasteiger partial charge < -0.3 is 10.0 Å². The van der Waals surface area contributed by atoms with Gasteiger partial charge in [0.15, 0.2) is 0 Å². The van der Waals surface area contributed by atoms with Crippen molar-refractivity contribution in [3.05, 3.63) is 12.2 Å². The van der Waals surface area contributed by atoms with Crippen molar-refractivity contribution < 1.29 is 9.90 Å². The first kappa shape index (κ1) is 6.85. The third-order valence-corrected chi connectivity index (χ3v) is 2.40. The highest BCUT2D eigenvalue weighted by atomic mass is 16.3. The van der Waals surface area contributed by atoms with E-state index in [-0.39, 0.29) is 24.5 Å². The molecule has 1 heterocycles. The van der Waals surface area contributed by atoms with E-state index < -0.39 is 0 Å². The number of carbonyl (C=O) groups excluding carboxylic acids is 1. The maximum Gasteiger partial charge on any atom is 0.230 e. The van der Waals surface area contributed by atoms with Crippen molar-refractivity contribution in [3.8, 4) is 0 Å². The Morgan fingerprint density at radius 1 is 1.64 bits per heavy atom. The number of likely N-dealkylation sites (tertiary alicyclic amines) is 1. The van der Waals surface area contributed by atoms with Crippen LogP contribution < -0.4 is 0 Å². The Bertz CT molecular complexity index is 212. The maximum atomic E-state index is 11.3. The van der Waals surface area contributed by atoms with Crippen LogP contribution in [0.1, 0.15) is 6.42 Å². The second kappa shape index (κ2) is 2.34. The molecule has 0 aromatic carbocycles. The highest BCUT2D eigenvalue weighted by Crippen LogP contribution is 2.32. The Labute approximate surface area is 65.3 Å². The Morgan fingerprint density at radius 3 is 3.00 bits per heavy atom. The highest BCUT2D eigenvalue weighted by molar-refractivity contribution is 5.85. The molecule has 0 aromatic heterocycles. The zero-order chi connectivity index (χ0) is 7.84. The van der Waals surface area contributed by atoms with Crippen LogP contribution in [0.4, 0.5) is 0 Å². The Morgan fingerprint density at radius 2 is 2.45 bits per heavy atom. The molecule has 2 atom stereocenters. The molecule has 1 aliphatic carbocycles. The lowest BCUT2D eigenvalue weighted by molar-refractivity contribution is -0.131. The van der Waals surface area contributed by atoms with Crippen LogP contribution in [0.3, 0.4) is 0 Å². The summed E-state index contributed by atoms with van der Waals surface area (Å²) in [4.78, 5) is 13.1. The first-order valence-corrected chi connectivity index (χ1v) is 3.92. The number of fused-ring (bicyclic) bond motifs is 2. The van der Waals surface area contributed by atoms with Crippen LogP contribution in [0.2, 0.25) is 0 Å². The molecule has 1 saturated heterocycles. The van der Waals surface area contributed by atoms with E-state index in [1.54, 1.807) is 4.90 Å². The van der Waals surface area contributed by atoms with E-state index in [9.17, 15) is 4.79 Å². The van der Waals surface area contributed by atoms with E-state index in [1.165, 1.54) is 0 Å². The number of hydrogen-bond acceptors (Lipinski definition) is 2. The quantitative estimate of drug-likeness (QED) is 0.556. The van der Waals surface area contributed by atoms with E-state index >= 15 is 0 Å². The fourth-order valence-corrected chi connectivity index (χ4v) is 1.85. The Balaban J connectivity index is 2.12. The average Bonchev–Trinajstić information content (AvgIpc) is 2.54. The largest absolute Gasteiger partial charge is 0.395 e. The molecule has 1 amide bonds. The molecule has 1 N–H and O–H groups in total. The Kier molecular flexibility index (Phi) is 1.46. The minimum Gasteiger partial charge on any atom is -0.395 e. The number of β-amino-alcohol motifs (C(OH)–C–C–N with tert-alkyl or cyclic N) is 1. The lowest BCUT2D eigenvalue weighted by atomic mass is 10.1. The fourth-order valence-electron chi connectivity index (χ4n) is 1.85. The van der Waals surface area contributed by atoms with E-state index in [2.05, 4.69) is 6.08 Å². The topological polar surface area (TPSA) is 40.5 Å². The molecule has 0 aromatic rings. The van der Waals surface area contributed by atoms with Crippen molar-refractivity contribution in [1.82, 2.24) is 4.90 Å². The number of rotatable bonds is 2. The number of nitrogens with zero attached hydrogens (tertiary/aromatic N) is 1. The van der Waals surface area contributed by atoms with Crippen molar-refractivity contribution >= 4 is 5.91 Å². The van der Waals surface area contributed by atoms with Crippen LogP contribution in [0.15, 0.2) is 12.2 Å². The third-order valence-electron chi connectivity index (χ3n) is 2.40. The lowest BCUT2D eigenvalue weighted by Crippen LogP contribution is -2.36. The molecule has 3 heteroatoms. The van der Waals surface area contributed by atoms with E-state index in [0.29, 0.717) is 6.54 Å². The van der Waals surface area contributed by atoms with Gasteiger partial charge in [0.2, 0.25) is 5.91 Å². The average molecular weight is 153 g/mol. The predicted molar refractivity (Wildman–Crippen MR) is 39.8 cm³/mol. The van der Waals surface area contributed by atoms with Crippen LogP contribution in [-0.2, 0) is 4.79 Å². The van der Waals surface area contributed by atoms with Gasteiger partial charge in [0.1, 0.15) is 0 Å². The molecule has 3 nitrogen and oxygen atoms in total. The van der Waals surface area contributed by atoms with Crippen LogP contribution in [-0.4, -0.2) is 35.1 Å². The molecule has 0 unspecified atom stereocenters. The van der Waals surface area contributed by atoms with Gasteiger partial charge in [0, 0.05) is 6.54 Å². The van der Waals surface area contributed by atoms with Crippen molar-refractivity contribution in [2.24, 2.45) is 5.92 Å². The third kappa shape index (κ3) is 0.878. The van der Waals surface area contributed by atoms with E-state index in [0.717, 1.165) is 6.42 Å². The molecule has 0 radical (unpaired) electrons. The van der Waals surface area contributed by atoms with Crippen LogP contribution in [0.25, 0.3) is 0 Å². The van der Waals surface area contributed by atoms with Crippen molar-refractivity contribution in [1.29, 1.82) is 0 Å². The molecule has 2 rings (SSSR count). The second-order valence-corrected chi connectivity index (χ2v) is 3.05. The van der Waals surface area contributed by atoms with Gasteiger partial charge in [-0.1, -0.05) is 12.2 Å². The summed E-state index contributed by atoms with van der Waals surface area (Å²) < 4.78 is 0. The van der Waals surface area contributed by atoms with Gasteiger partial charge in [-0.05, 0) is 6.42 Å². The smallest absolute Gasteiger partial charge is 0.230 e. The molecule has 60 valence electrons. The minimum atomic E-state index is 0.0722. The first-order valence-electron chi connectivity index (χ1n) is 3.92. The van der Waals surface area contributed by atoms with Crippen molar-refractivity contribution in [2.45, 2.75) is 12.5 Å². The molecule has 11 heavy (non-hydrogen) atoms. The molecular formula is C8H11NO2. The molecular weight excluding hydrogens is 142 g/mol. The number of amides is 1. The van der Waals surface area contributed by atoms with E-state index in [1.807, 2.05) is 6.08 Å². The summed E-state index contributed by atoms with van der Waals surface area (Å²) in [6, 6.07) is 0.277. The number of hydrogen-bond donors (Lipinski definition) is 1. The summed E-state index contributed by atoms with van der Waals surface area (Å²) in [7, 11) is 0. The summed E-state index contributed by atoms with van der Waals surface area (Å²) in [5, 5.41) is 8.65. The van der Waals surface area contributed by atoms with Gasteiger partial charge in [0.25, 0.3) is 0 Å². The Hall–Kier alpha value is -0.830. The monoisotopic (exact) mass is 153 g/mol. The number of aliphatic hydroxyl groups excluding tert-OH is 1. The summed E-state index contributed by atoms with van der Waals surface area (Å²) >= 11 is 0. The van der Waals surface area contributed by atoms with Crippen LogP contribution in [0.5, 0.6) is 0 Å². The van der Waals surface area contributed by atoms with E-state index in [4.69, 9.17) is 5.11 Å². The van der Waals surface area contributed by atoms with Gasteiger partial charge in [-0.15, -0.1) is 0 Å². The summed E-state index contributed by atoms with van der Waals surface area (Å²) in [6.07, 6.45) is 4.96.